The van der Waals surface area contributed by atoms with Crippen LogP contribution in [0.25, 0.3) is 21.5 Å². The van der Waals surface area contributed by atoms with Crippen molar-refractivity contribution in [1.82, 2.24) is 0 Å². The van der Waals surface area contributed by atoms with Crippen LogP contribution in [0.2, 0.25) is 0 Å². The van der Waals surface area contributed by atoms with Gasteiger partial charge in [0, 0.05) is 21.8 Å². The molecule has 0 bridgehead atoms. The number of aromatic carboxylic acids is 3. The molecule has 16 heteroatoms. The normalized spacial score (nSPS) is 11.9. The van der Waals surface area contributed by atoms with Gasteiger partial charge in [-0.25, -0.2) is 14.4 Å². The van der Waals surface area contributed by atoms with Crippen LogP contribution in [0.3, 0.4) is 0 Å². The Morgan fingerprint density at radius 3 is 1.82 bits per heavy atom. The van der Waals surface area contributed by atoms with E-state index in [1.807, 2.05) is 0 Å². The number of carboxylic acid groups (broad SMARTS) is 3. The molecule has 0 spiro atoms. The molecule has 0 fully saturated rings. The third-order valence-electron chi connectivity index (χ3n) is 6.51. The first-order valence-electron chi connectivity index (χ1n) is 12.5. The zero-order valence-corrected chi connectivity index (χ0v) is 23.3. The largest absolute Gasteiger partial charge is 0.505 e. The van der Waals surface area contributed by atoms with Gasteiger partial charge in [-0.15, -0.1) is 15.3 Å². The molecule has 5 aromatic rings. The summed E-state index contributed by atoms with van der Waals surface area (Å²) < 4.78 is 34.2. The monoisotopic (exact) mass is 629 g/mol. The summed E-state index contributed by atoms with van der Waals surface area (Å²) in [5.41, 5.74) is 4.68. The molecule has 0 aromatic heterocycles. The lowest BCUT2D eigenvalue weighted by atomic mass is 10.0. The molecule has 0 atom stereocenters. The lowest BCUT2D eigenvalue weighted by molar-refractivity contribution is 0.0682. The number of nitrogen functional groups attached to an aromatic ring is 1. The van der Waals surface area contributed by atoms with Crippen LogP contribution in [0.15, 0.2) is 98.1 Å². The van der Waals surface area contributed by atoms with E-state index < -0.39 is 44.4 Å². The minimum Gasteiger partial charge on any atom is -0.505 e. The Labute approximate surface area is 252 Å². The number of rotatable bonds is 8. The number of phenolic OH excluding ortho intramolecular Hbond substituents is 1. The van der Waals surface area contributed by atoms with Gasteiger partial charge in [-0.2, -0.15) is 13.5 Å². The van der Waals surface area contributed by atoms with Crippen LogP contribution in [0.1, 0.15) is 31.1 Å². The molecular formula is C29H19N5O10S. The fourth-order valence-electron chi connectivity index (χ4n) is 4.41. The van der Waals surface area contributed by atoms with Crippen LogP contribution in [0.5, 0.6) is 5.75 Å². The van der Waals surface area contributed by atoms with Crippen LogP contribution in [0.4, 0.5) is 28.4 Å². The van der Waals surface area contributed by atoms with Crippen LogP contribution in [0, 0.1) is 0 Å². The molecule has 45 heavy (non-hydrogen) atoms. The third kappa shape index (κ3) is 6.12. The highest BCUT2D eigenvalue weighted by atomic mass is 32.2. The van der Waals surface area contributed by atoms with E-state index >= 15 is 0 Å². The summed E-state index contributed by atoms with van der Waals surface area (Å²) in [5.74, 6) is -4.67. The summed E-state index contributed by atoms with van der Waals surface area (Å²) in [4.78, 5) is 33.9. The number of carboxylic acids is 3. The quantitative estimate of drug-likeness (QED) is 0.0616. The SMILES string of the molecule is Nc1ccc2cc(S(=O)(=O)O)c(/N=N/c3ccc(/N=N/c4cc(C(=O)O)cc(C(=O)O)c4)c4cc(C(=O)O)ccc34)c(O)c2c1. The van der Waals surface area contributed by atoms with E-state index in [4.69, 9.17) is 5.73 Å². The van der Waals surface area contributed by atoms with Gasteiger partial charge >= 0.3 is 17.9 Å². The highest BCUT2D eigenvalue weighted by Crippen LogP contribution is 2.43. The van der Waals surface area contributed by atoms with Crippen molar-refractivity contribution in [3.63, 3.8) is 0 Å². The van der Waals surface area contributed by atoms with Gasteiger partial charge < -0.3 is 26.2 Å². The third-order valence-corrected chi connectivity index (χ3v) is 7.38. The summed E-state index contributed by atoms with van der Waals surface area (Å²) in [6.45, 7) is 0. The molecule has 5 aromatic carbocycles. The predicted molar refractivity (Wildman–Crippen MR) is 159 cm³/mol. The van der Waals surface area contributed by atoms with E-state index in [1.54, 1.807) is 0 Å². The summed E-state index contributed by atoms with van der Waals surface area (Å²) in [5, 5.41) is 55.9. The Bertz CT molecular complexity index is 2230. The van der Waals surface area contributed by atoms with Crippen molar-refractivity contribution in [3.8, 4) is 5.75 Å². The number of benzene rings is 5. The van der Waals surface area contributed by atoms with Crippen molar-refractivity contribution in [3.05, 3.63) is 89.5 Å². The lowest BCUT2D eigenvalue weighted by Gasteiger charge is -2.10. The molecule has 0 amide bonds. The van der Waals surface area contributed by atoms with Gasteiger partial charge in [0.2, 0.25) is 0 Å². The Morgan fingerprint density at radius 1 is 0.622 bits per heavy atom. The van der Waals surface area contributed by atoms with E-state index in [2.05, 4.69) is 20.5 Å². The number of nitrogens with two attached hydrogens (primary N) is 1. The average molecular weight is 630 g/mol. The zero-order valence-electron chi connectivity index (χ0n) is 22.5. The highest BCUT2D eigenvalue weighted by Gasteiger charge is 2.22. The van der Waals surface area contributed by atoms with Crippen LogP contribution in [-0.2, 0) is 10.1 Å². The van der Waals surface area contributed by atoms with Gasteiger partial charge in [-0.1, -0.05) is 12.1 Å². The summed E-state index contributed by atoms with van der Waals surface area (Å²) in [6.07, 6.45) is 0. The summed E-state index contributed by atoms with van der Waals surface area (Å²) in [7, 11) is -4.89. The predicted octanol–water partition coefficient (Wildman–Crippen LogP) is 6.45. The molecule has 0 saturated heterocycles. The van der Waals surface area contributed by atoms with Crippen molar-refractivity contribution < 1.29 is 47.8 Å². The van der Waals surface area contributed by atoms with E-state index in [1.165, 1.54) is 48.5 Å². The molecule has 0 aliphatic carbocycles. The number of nitrogens with zero attached hydrogens (tertiary/aromatic N) is 4. The Morgan fingerprint density at radius 2 is 1.22 bits per heavy atom. The zero-order chi connectivity index (χ0) is 32.6. The number of azo groups is 2. The number of aromatic hydroxyl groups is 1. The second kappa shape index (κ2) is 11.4. The molecule has 0 unspecified atom stereocenters. The maximum Gasteiger partial charge on any atom is 0.335 e. The van der Waals surface area contributed by atoms with Gasteiger partial charge in [-0.3, -0.25) is 4.55 Å². The van der Waals surface area contributed by atoms with Gasteiger partial charge in [-0.05, 0) is 66.0 Å². The number of anilines is 1. The number of hydrogen-bond donors (Lipinski definition) is 6. The van der Waals surface area contributed by atoms with Crippen LogP contribution < -0.4 is 5.73 Å². The number of fused-ring (bicyclic) bond motifs is 2. The van der Waals surface area contributed by atoms with Gasteiger partial charge in [0.25, 0.3) is 10.1 Å². The Balaban J connectivity index is 1.66. The number of phenols is 1. The standard InChI is InChI=1S/C29H19N5O10S/c30-17-3-1-13-11-24(45(42,43)44)25(26(35)20(13)12-17)34-33-22-5-6-23(21-10-14(27(36)37)2-4-19(21)22)32-31-18-8-15(28(38)39)7-16(9-18)29(40)41/h1-12,35H,30H2,(H,36,37)(H,38,39)(H,40,41)(H,42,43,44)/b32-31+,34-33+. The molecule has 15 nitrogen and oxygen atoms in total. The summed E-state index contributed by atoms with van der Waals surface area (Å²) in [6, 6.07) is 15.2. The van der Waals surface area contributed by atoms with E-state index in [-0.39, 0.29) is 61.0 Å². The Hall–Kier alpha value is -6.26. The van der Waals surface area contributed by atoms with Gasteiger partial charge in [0.05, 0.1) is 33.8 Å². The van der Waals surface area contributed by atoms with Crippen molar-refractivity contribution in [1.29, 1.82) is 0 Å². The van der Waals surface area contributed by atoms with E-state index in [0.717, 1.165) is 24.3 Å². The van der Waals surface area contributed by atoms with E-state index in [0.29, 0.717) is 0 Å². The molecule has 0 heterocycles. The topological polar surface area (TPSA) is 262 Å². The minimum atomic E-state index is -4.89. The van der Waals surface area contributed by atoms with Crippen LogP contribution in [-0.4, -0.2) is 51.3 Å². The van der Waals surface area contributed by atoms with Crippen molar-refractivity contribution in [2.24, 2.45) is 20.5 Å². The fraction of sp³-hybridized carbons (Fsp3) is 0. The first-order valence-corrected chi connectivity index (χ1v) is 13.9. The molecule has 5 rings (SSSR count). The van der Waals surface area contributed by atoms with Gasteiger partial charge in [0.1, 0.15) is 10.6 Å². The highest BCUT2D eigenvalue weighted by molar-refractivity contribution is 7.86. The first-order chi connectivity index (χ1) is 21.2. The maximum absolute atomic E-state index is 12.2. The second-order valence-corrected chi connectivity index (χ2v) is 10.9. The molecule has 7 N–H and O–H groups in total. The Kier molecular flexibility index (Phi) is 7.68. The van der Waals surface area contributed by atoms with Crippen LogP contribution >= 0.6 is 0 Å². The van der Waals surface area contributed by atoms with Crippen molar-refractivity contribution in [2.45, 2.75) is 4.90 Å². The molecule has 0 radical (unpaired) electrons. The van der Waals surface area contributed by atoms with Crippen molar-refractivity contribution >= 4 is 78.0 Å². The van der Waals surface area contributed by atoms with Gasteiger partial charge in [0.15, 0.2) is 5.75 Å². The molecular weight excluding hydrogens is 610 g/mol. The van der Waals surface area contributed by atoms with Crippen molar-refractivity contribution in [2.75, 3.05) is 5.73 Å². The molecule has 0 aliphatic heterocycles. The average Bonchev–Trinajstić information content (AvgIpc) is 2.99. The fourth-order valence-corrected chi connectivity index (χ4v) is 5.07. The number of carbonyl (C=O) groups is 3. The molecule has 226 valence electrons. The summed E-state index contributed by atoms with van der Waals surface area (Å²) >= 11 is 0. The lowest BCUT2D eigenvalue weighted by Crippen LogP contribution is -2.01. The molecule has 0 aliphatic rings. The smallest absolute Gasteiger partial charge is 0.335 e. The molecule has 0 saturated carbocycles. The van der Waals surface area contributed by atoms with E-state index in [9.17, 15) is 47.8 Å². The maximum atomic E-state index is 12.2. The second-order valence-electron chi connectivity index (χ2n) is 9.48. The number of hydrogen-bond acceptors (Lipinski definition) is 11. The minimum absolute atomic E-state index is 0.0651. The first kappa shape index (κ1) is 30.2.